The van der Waals surface area contributed by atoms with Gasteiger partial charge >= 0.3 is 0 Å². The zero-order valence-electron chi connectivity index (χ0n) is 12.7. The number of rotatable bonds is 6. The summed E-state index contributed by atoms with van der Waals surface area (Å²) >= 11 is 0. The van der Waals surface area contributed by atoms with Gasteiger partial charge < -0.3 is 5.32 Å². The number of nitrogens with one attached hydrogen (secondary N) is 1. The largest absolute Gasteiger partial charge is 0.305 e. The maximum atomic E-state index is 4.45. The molecule has 7 nitrogen and oxygen atoms in total. The fraction of sp³-hybridized carbons (Fsp3) is 0.692. The molecule has 0 radical (unpaired) electrons. The van der Waals surface area contributed by atoms with E-state index in [4.69, 9.17) is 0 Å². The molecule has 0 atom stereocenters. The lowest BCUT2D eigenvalue weighted by atomic mass is 10.1. The Balaban J connectivity index is 1.97. The highest BCUT2D eigenvalue weighted by molar-refractivity contribution is 4.89. The lowest BCUT2D eigenvalue weighted by molar-refractivity contribution is 0.416. The van der Waals surface area contributed by atoms with Crippen LogP contribution in [0.2, 0.25) is 0 Å². The monoisotopic (exact) mass is 277 g/mol. The molecule has 0 saturated heterocycles. The highest BCUT2D eigenvalue weighted by Gasteiger charge is 2.11. The quantitative estimate of drug-likeness (QED) is 0.859. The van der Waals surface area contributed by atoms with Gasteiger partial charge in [-0.1, -0.05) is 6.92 Å². The highest BCUT2D eigenvalue weighted by atomic mass is 15.4. The molecular formula is C13H23N7. The van der Waals surface area contributed by atoms with Crippen LogP contribution in [0.15, 0.2) is 12.7 Å². The van der Waals surface area contributed by atoms with Crippen molar-refractivity contribution in [2.75, 3.05) is 0 Å². The molecular weight excluding hydrogens is 254 g/mol. The first-order valence-corrected chi connectivity index (χ1v) is 6.98. The second kappa shape index (κ2) is 6.13. The summed E-state index contributed by atoms with van der Waals surface area (Å²) < 4.78 is 3.71. The Kier molecular flexibility index (Phi) is 4.49. The number of hydrogen-bond acceptors (Lipinski definition) is 5. The molecule has 0 spiro atoms. The van der Waals surface area contributed by atoms with Gasteiger partial charge in [-0.3, -0.25) is 0 Å². The van der Waals surface area contributed by atoms with Crippen LogP contribution in [0.25, 0.3) is 0 Å². The Labute approximate surface area is 119 Å². The van der Waals surface area contributed by atoms with E-state index < -0.39 is 0 Å². The zero-order chi connectivity index (χ0) is 14.6. The van der Waals surface area contributed by atoms with Crippen LogP contribution in [0, 0.1) is 0 Å². The third kappa shape index (κ3) is 4.12. The number of hydrogen-bond donors (Lipinski definition) is 1. The molecule has 20 heavy (non-hydrogen) atoms. The van der Waals surface area contributed by atoms with Crippen molar-refractivity contribution in [3.05, 3.63) is 24.3 Å². The summed E-state index contributed by atoms with van der Waals surface area (Å²) in [5.74, 6) is 1.70. The molecule has 0 bridgehead atoms. The van der Waals surface area contributed by atoms with E-state index in [-0.39, 0.29) is 5.54 Å². The fourth-order valence-electron chi connectivity index (χ4n) is 1.79. The first kappa shape index (κ1) is 14.6. The van der Waals surface area contributed by atoms with Crippen LogP contribution in [-0.2, 0) is 19.6 Å². The molecule has 0 aliphatic rings. The van der Waals surface area contributed by atoms with Crippen LogP contribution in [0.4, 0.5) is 0 Å². The normalized spacial score (nSPS) is 12.0. The molecule has 110 valence electrons. The van der Waals surface area contributed by atoms with Gasteiger partial charge in [-0.05, 0) is 27.2 Å². The standard InChI is InChI=1S/C13H23N7/c1-5-6-20-12(14-9-17-20)8-19-10-15-11(18-19)7-16-13(2,3)4/h9-10,16H,5-8H2,1-4H3. The Hall–Kier alpha value is -1.76. The van der Waals surface area contributed by atoms with Gasteiger partial charge in [-0.25, -0.2) is 19.3 Å². The van der Waals surface area contributed by atoms with E-state index in [2.05, 4.69) is 53.2 Å². The molecule has 1 N–H and O–H groups in total. The predicted molar refractivity (Wildman–Crippen MR) is 76.0 cm³/mol. The summed E-state index contributed by atoms with van der Waals surface area (Å²) in [6, 6.07) is 0. The minimum atomic E-state index is 0.0623. The second-order valence-electron chi connectivity index (χ2n) is 5.86. The summed E-state index contributed by atoms with van der Waals surface area (Å²) in [4.78, 5) is 8.58. The van der Waals surface area contributed by atoms with E-state index >= 15 is 0 Å². The minimum Gasteiger partial charge on any atom is -0.305 e. The molecule has 0 aliphatic carbocycles. The van der Waals surface area contributed by atoms with Gasteiger partial charge in [0.1, 0.15) is 25.0 Å². The van der Waals surface area contributed by atoms with E-state index in [0.717, 1.165) is 24.6 Å². The maximum absolute atomic E-state index is 4.45. The molecule has 2 aromatic rings. The smallest absolute Gasteiger partial charge is 0.164 e. The third-order valence-corrected chi connectivity index (χ3v) is 2.80. The van der Waals surface area contributed by atoms with Gasteiger partial charge in [0.25, 0.3) is 0 Å². The SMILES string of the molecule is CCCn1ncnc1Cn1cnc(CNC(C)(C)C)n1. The van der Waals surface area contributed by atoms with Crippen molar-refractivity contribution in [3.8, 4) is 0 Å². The Morgan fingerprint density at radius 3 is 2.75 bits per heavy atom. The van der Waals surface area contributed by atoms with Crippen molar-refractivity contribution < 1.29 is 0 Å². The molecule has 0 aliphatic heterocycles. The molecule has 0 unspecified atom stereocenters. The molecule has 0 saturated carbocycles. The van der Waals surface area contributed by atoms with Crippen LogP contribution < -0.4 is 5.32 Å². The lowest BCUT2D eigenvalue weighted by Crippen LogP contribution is -2.35. The summed E-state index contributed by atoms with van der Waals surface area (Å²) in [6.45, 7) is 10.6. The Morgan fingerprint density at radius 2 is 2.05 bits per heavy atom. The van der Waals surface area contributed by atoms with Crippen molar-refractivity contribution in [2.24, 2.45) is 0 Å². The number of nitrogens with zero attached hydrogens (tertiary/aromatic N) is 6. The second-order valence-corrected chi connectivity index (χ2v) is 5.86. The highest BCUT2D eigenvalue weighted by Crippen LogP contribution is 2.02. The first-order chi connectivity index (χ1) is 9.48. The minimum absolute atomic E-state index is 0.0623. The van der Waals surface area contributed by atoms with E-state index in [1.54, 1.807) is 17.3 Å². The van der Waals surface area contributed by atoms with Gasteiger partial charge in [0.05, 0.1) is 6.54 Å². The summed E-state index contributed by atoms with van der Waals surface area (Å²) in [6.07, 6.45) is 4.36. The van der Waals surface area contributed by atoms with E-state index in [0.29, 0.717) is 13.1 Å². The predicted octanol–water partition coefficient (Wildman–Crippen LogP) is 1.22. The fourth-order valence-corrected chi connectivity index (χ4v) is 1.79. The average molecular weight is 277 g/mol. The van der Waals surface area contributed by atoms with Crippen molar-refractivity contribution in [2.45, 2.75) is 59.3 Å². The van der Waals surface area contributed by atoms with Crippen LogP contribution in [0.1, 0.15) is 45.8 Å². The molecule has 7 heteroatoms. The molecule has 0 fully saturated rings. The summed E-state index contributed by atoms with van der Waals surface area (Å²) in [5.41, 5.74) is 0.0623. The number of aromatic nitrogens is 6. The molecule has 2 aromatic heterocycles. The van der Waals surface area contributed by atoms with Crippen LogP contribution in [0.3, 0.4) is 0 Å². The topological polar surface area (TPSA) is 73.5 Å². The zero-order valence-corrected chi connectivity index (χ0v) is 12.7. The summed E-state index contributed by atoms with van der Waals surface area (Å²) in [7, 11) is 0. The van der Waals surface area contributed by atoms with Crippen LogP contribution >= 0.6 is 0 Å². The Morgan fingerprint density at radius 1 is 1.25 bits per heavy atom. The van der Waals surface area contributed by atoms with Gasteiger partial charge in [0.15, 0.2) is 5.82 Å². The molecule has 0 aromatic carbocycles. The Bertz CT molecular complexity index is 535. The van der Waals surface area contributed by atoms with Gasteiger partial charge in [0, 0.05) is 12.1 Å². The van der Waals surface area contributed by atoms with Gasteiger partial charge in [0.2, 0.25) is 0 Å². The van der Waals surface area contributed by atoms with Gasteiger partial charge in [-0.2, -0.15) is 10.2 Å². The van der Waals surface area contributed by atoms with Crippen molar-refractivity contribution >= 4 is 0 Å². The van der Waals surface area contributed by atoms with E-state index in [9.17, 15) is 0 Å². The van der Waals surface area contributed by atoms with Gasteiger partial charge in [-0.15, -0.1) is 0 Å². The third-order valence-electron chi connectivity index (χ3n) is 2.80. The summed E-state index contributed by atoms with van der Waals surface area (Å²) in [5, 5.41) is 12.0. The maximum Gasteiger partial charge on any atom is 0.164 e. The van der Waals surface area contributed by atoms with E-state index in [1.807, 2.05) is 4.68 Å². The van der Waals surface area contributed by atoms with Crippen LogP contribution in [-0.4, -0.2) is 35.1 Å². The number of aryl methyl sites for hydroxylation is 1. The molecule has 2 heterocycles. The van der Waals surface area contributed by atoms with E-state index in [1.165, 1.54) is 0 Å². The molecule has 0 amide bonds. The van der Waals surface area contributed by atoms with Crippen molar-refractivity contribution in [1.29, 1.82) is 0 Å². The molecule has 2 rings (SSSR count). The lowest BCUT2D eigenvalue weighted by Gasteiger charge is -2.19. The van der Waals surface area contributed by atoms with Crippen molar-refractivity contribution in [1.82, 2.24) is 34.8 Å². The van der Waals surface area contributed by atoms with Crippen LogP contribution in [0.5, 0.6) is 0 Å². The first-order valence-electron chi connectivity index (χ1n) is 6.98. The van der Waals surface area contributed by atoms with Crippen molar-refractivity contribution in [3.63, 3.8) is 0 Å². The average Bonchev–Trinajstić information content (AvgIpc) is 2.97.